The molecule has 0 saturated carbocycles. The highest BCUT2D eigenvalue weighted by atomic mass is 16.4. The molecule has 10 heteroatoms. The quantitative estimate of drug-likeness (QED) is 0.242. The van der Waals surface area contributed by atoms with Gasteiger partial charge in [0.15, 0.2) is 0 Å². The van der Waals surface area contributed by atoms with Gasteiger partial charge in [0.1, 0.15) is 12.1 Å². The number of para-hydroxylation sites is 1. The highest BCUT2D eigenvalue weighted by Gasteiger charge is 2.30. The van der Waals surface area contributed by atoms with E-state index in [4.69, 9.17) is 10.8 Å². The molecule has 0 radical (unpaired) electrons. The van der Waals surface area contributed by atoms with E-state index in [0.717, 1.165) is 22.0 Å². The van der Waals surface area contributed by atoms with Crippen LogP contribution in [0.15, 0.2) is 60.8 Å². The van der Waals surface area contributed by atoms with E-state index < -0.39 is 48.3 Å². The van der Waals surface area contributed by atoms with Crippen LogP contribution in [0.3, 0.4) is 0 Å². The van der Waals surface area contributed by atoms with Crippen LogP contribution in [0.2, 0.25) is 0 Å². The summed E-state index contributed by atoms with van der Waals surface area (Å²) >= 11 is 0. The molecule has 0 aliphatic rings. The lowest BCUT2D eigenvalue weighted by atomic mass is 10.0. The Morgan fingerprint density at radius 1 is 0.853 bits per heavy atom. The van der Waals surface area contributed by atoms with E-state index >= 15 is 0 Å². The summed E-state index contributed by atoms with van der Waals surface area (Å²) in [6.07, 6.45) is 1.18. The summed E-state index contributed by atoms with van der Waals surface area (Å²) in [7, 11) is 0. The molecule has 2 aromatic carbocycles. The van der Waals surface area contributed by atoms with Gasteiger partial charge in [0, 0.05) is 23.5 Å². The summed E-state index contributed by atoms with van der Waals surface area (Å²) < 4.78 is 0. The van der Waals surface area contributed by atoms with E-state index in [1.165, 1.54) is 0 Å². The molecule has 10 nitrogen and oxygen atoms in total. The van der Waals surface area contributed by atoms with Gasteiger partial charge in [-0.25, -0.2) is 4.79 Å². The van der Waals surface area contributed by atoms with Crippen LogP contribution in [0.1, 0.15) is 17.5 Å². The Labute approximate surface area is 195 Å². The van der Waals surface area contributed by atoms with Crippen molar-refractivity contribution in [2.24, 2.45) is 5.73 Å². The third-order valence-corrected chi connectivity index (χ3v) is 5.36. The first kappa shape index (κ1) is 24.5. The second-order valence-electron chi connectivity index (χ2n) is 7.92. The smallest absolute Gasteiger partial charge is 0.326 e. The number of amides is 2. The van der Waals surface area contributed by atoms with Gasteiger partial charge in [-0.05, 0) is 23.6 Å². The van der Waals surface area contributed by atoms with E-state index in [0.29, 0.717) is 0 Å². The zero-order valence-corrected chi connectivity index (χ0v) is 18.2. The van der Waals surface area contributed by atoms with Gasteiger partial charge in [-0.3, -0.25) is 14.4 Å². The molecule has 0 saturated heterocycles. The Kier molecular flexibility index (Phi) is 7.99. The lowest BCUT2D eigenvalue weighted by molar-refractivity contribution is -0.147. The number of benzene rings is 2. The van der Waals surface area contributed by atoms with Crippen molar-refractivity contribution in [3.8, 4) is 0 Å². The zero-order chi connectivity index (χ0) is 24.7. The first-order valence-corrected chi connectivity index (χ1v) is 10.6. The van der Waals surface area contributed by atoms with Crippen molar-refractivity contribution < 1.29 is 29.4 Å². The molecule has 1 aromatic heterocycles. The molecule has 2 amide bonds. The van der Waals surface area contributed by atoms with Crippen LogP contribution in [0.4, 0.5) is 0 Å². The predicted molar refractivity (Wildman–Crippen MR) is 124 cm³/mol. The third-order valence-electron chi connectivity index (χ3n) is 5.36. The standard InChI is InChI=1S/C24H26N4O6/c25-17(10-14-6-2-1-3-7-14)22(31)27-19(23(32)28-20(24(33)34)12-21(29)30)11-15-13-26-18-9-5-4-8-16(15)18/h1-9,13,17,19-20,26H,10-12,25H2,(H,27,31)(H,28,32)(H,29,30)(H,33,34)/t17-,19-,20-/m0/s1. The van der Waals surface area contributed by atoms with Crippen molar-refractivity contribution in [3.63, 3.8) is 0 Å². The normalized spacial score (nSPS) is 13.6. The number of nitrogens with two attached hydrogens (primary N) is 1. The number of carboxylic acids is 2. The summed E-state index contributed by atoms with van der Waals surface area (Å²) in [6, 6.07) is 12.7. The van der Waals surface area contributed by atoms with Gasteiger partial charge in [-0.2, -0.15) is 0 Å². The molecule has 0 aliphatic heterocycles. The molecule has 0 unspecified atom stereocenters. The summed E-state index contributed by atoms with van der Waals surface area (Å²) in [5.41, 5.74) is 8.45. The summed E-state index contributed by atoms with van der Waals surface area (Å²) in [5, 5.41) is 23.9. The number of aromatic amines is 1. The first-order chi connectivity index (χ1) is 16.2. The molecular formula is C24H26N4O6. The highest BCUT2D eigenvalue weighted by Crippen LogP contribution is 2.19. The third kappa shape index (κ3) is 6.42. The number of hydrogen-bond acceptors (Lipinski definition) is 5. The van der Waals surface area contributed by atoms with E-state index in [-0.39, 0.29) is 12.8 Å². The van der Waals surface area contributed by atoms with Crippen LogP contribution < -0.4 is 16.4 Å². The molecule has 7 N–H and O–H groups in total. The second-order valence-corrected chi connectivity index (χ2v) is 7.92. The molecule has 0 aliphatic carbocycles. The van der Waals surface area contributed by atoms with Crippen LogP contribution in [0, 0.1) is 0 Å². The number of rotatable bonds is 11. The van der Waals surface area contributed by atoms with Crippen molar-refractivity contribution in [2.45, 2.75) is 37.4 Å². The Bertz CT molecular complexity index is 1180. The average Bonchev–Trinajstić information content (AvgIpc) is 3.21. The summed E-state index contributed by atoms with van der Waals surface area (Å²) in [5.74, 6) is -4.28. The Morgan fingerprint density at radius 3 is 2.18 bits per heavy atom. The maximum absolute atomic E-state index is 13.0. The number of carbonyl (C=O) groups is 4. The minimum absolute atomic E-state index is 0.0407. The number of hydrogen-bond donors (Lipinski definition) is 6. The minimum atomic E-state index is -1.65. The average molecular weight is 466 g/mol. The van der Waals surface area contributed by atoms with Crippen LogP contribution in [-0.2, 0) is 32.0 Å². The fraction of sp³-hybridized carbons (Fsp3) is 0.250. The molecule has 0 fully saturated rings. The molecule has 178 valence electrons. The van der Waals surface area contributed by atoms with Crippen LogP contribution in [-0.4, -0.2) is 57.1 Å². The molecule has 3 rings (SSSR count). The maximum Gasteiger partial charge on any atom is 0.326 e. The van der Waals surface area contributed by atoms with Crippen LogP contribution >= 0.6 is 0 Å². The van der Waals surface area contributed by atoms with Crippen LogP contribution in [0.25, 0.3) is 10.9 Å². The highest BCUT2D eigenvalue weighted by molar-refractivity contribution is 5.93. The van der Waals surface area contributed by atoms with Crippen molar-refractivity contribution in [3.05, 3.63) is 71.9 Å². The van der Waals surface area contributed by atoms with Crippen LogP contribution in [0.5, 0.6) is 0 Å². The van der Waals surface area contributed by atoms with Gasteiger partial charge >= 0.3 is 11.9 Å². The lowest BCUT2D eigenvalue weighted by Crippen LogP contribution is -2.55. The van der Waals surface area contributed by atoms with E-state index in [9.17, 15) is 24.3 Å². The summed E-state index contributed by atoms with van der Waals surface area (Å²) in [4.78, 5) is 51.3. The largest absolute Gasteiger partial charge is 0.481 e. The van der Waals surface area contributed by atoms with E-state index in [1.54, 1.807) is 6.20 Å². The molecular weight excluding hydrogens is 440 g/mol. The summed E-state index contributed by atoms with van der Waals surface area (Å²) in [6.45, 7) is 0. The molecule has 0 spiro atoms. The number of carboxylic acid groups (broad SMARTS) is 2. The molecule has 1 heterocycles. The Balaban J connectivity index is 1.80. The maximum atomic E-state index is 13.0. The van der Waals surface area contributed by atoms with Gasteiger partial charge < -0.3 is 31.6 Å². The van der Waals surface area contributed by atoms with Crippen molar-refractivity contribution in [2.75, 3.05) is 0 Å². The topological polar surface area (TPSA) is 175 Å². The van der Waals surface area contributed by atoms with Gasteiger partial charge in [-0.15, -0.1) is 0 Å². The van der Waals surface area contributed by atoms with Crippen molar-refractivity contribution in [1.82, 2.24) is 15.6 Å². The Hall–Kier alpha value is -4.18. The molecule has 3 aromatic rings. The fourth-order valence-corrected chi connectivity index (χ4v) is 3.62. The number of fused-ring (bicyclic) bond motifs is 1. The molecule has 34 heavy (non-hydrogen) atoms. The fourth-order valence-electron chi connectivity index (χ4n) is 3.62. The van der Waals surface area contributed by atoms with Crippen molar-refractivity contribution >= 4 is 34.7 Å². The predicted octanol–water partition coefficient (Wildman–Crippen LogP) is 0.809. The van der Waals surface area contributed by atoms with E-state index in [2.05, 4.69) is 15.6 Å². The zero-order valence-electron chi connectivity index (χ0n) is 18.2. The number of aromatic nitrogens is 1. The SMILES string of the molecule is N[C@@H](Cc1ccccc1)C(=O)N[C@@H](Cc1c[nH]c2ccccc12)C(=O)N[C@@H](CC(=O)O)C(=O)O. The number of nitrogens with one attached hydrogen (secondary N) is 3. The monoisotopic (exact) mass is 466 g/mol. The van der Waals surface area contributed by atoms with Gasteiger partial charge in [0.2, 0.25) is 11.8 Å². The van der Waals surface area contributed by atoms with Crippen molar-refractivity contribution in [1.29, 1.82) is 0 Å². The first-order valence-electron chi connectivity index (χ1n) is 10.6. The molecule has 3 atom stereocenters. The number of carbonyl (C=O) groups excluding carboxylic acids is 2. The van der Waals surface area contributed by atoms with E-state index in [1.807, 2.05) is 54.6 Å². The number of H-pyrrole nitrogens is 1. The van der Waals surface area contributed by atoms with Gasteiger partial charge in [0.25, 0.3) is 0 Å². The van der Waals surface area contributed by atoms with Gasteiger partial charge in [0.05, 0.1) is 12.5 Å². The molecule has 0 bridgehead atoms. The minimum Gasteiger partial charge on any atom is -0.481 e. The number of aliphatic carboxylic acids is 2. The Morgan fingerprint density at radius 2 is 1.50 bits per heavy atom. The second kappa shape index (κ2) is 11.1. The lowest BCUT2D eigenvalue weighted by Gasteiger charge is -2.22. The van der Waals surface area contributed by atoms with Gasteiger partial charge in [-0.1, -0.05) is 48.5 Å².